The third-order valence-corrected chi connectivity index (χ3v) is 5.29. The molecule has 1 saturated heterocycles. The number of hydrogen-bond acceptors (Lipinski definition) is 6. The molecule has 0 aliphatic carbocycles. The molecule has 1 aliphatic heterocycles. The van der Waals surface area contributed by atoms with E-state index in [2.05, 4.69) is 15.5 Å². The predicted molar refractivity (Wildman–Crippen MR) is 114 cm³/mol. The van der Waals surface area contributed by atoms with Gasteiger partial charge in [0.25, 0.3) is 5.91 Å². The van der Waals surface area contributed by atoms with E-state index in [0.29, 0.717) is 37.7 Å². The van der Waals surface area contributed by atoms with E-state index >= 15 is 0 Å². The van der Waals surface area contributed by atoms with Gasteiger partial charge in [-0.05, 0) is 36.4 Å². The summed E-state index contributed by atoms with van der Waals surface area (Å²) in [7, 11) is 1.65. The van der Waals surface area contributed by atoms with Gasteiger partial charge in [0.2, 0.25) is 0 Å². The number of methoxy groups -OCH3 is 1. The first-order valence-electron chi connectivity index (χ1n) is 9.78. The Morgan fingerprint density at radius 1 is 1.17 bits per heavy atom. The minimum atomic E-state index is 0.0248. The Morgan fingerprint density at radius 3 is 2.73 bits per heavy atom. The van der Waals surface area contributed by atoms with Gasteiger partial charge < -0.3 is 19.7 Å². The van der Waals surface area contributed by atoms with Crippen molar-refractivity contribution in [1.82, 2.24) is 20.1 Å². The smallest absolute Gasteiger partial charge is 0.254 e. The van der Waals surface area contributed by atoms with Crippen molar-refractivity contribution in [2.24, 2.45) is 0 Å². The fraction of sp³-hybridized carbons (Fsp3) is 0.227. The number of carbonyl (C=O) groups is 1. The van der Waals surface area contributed by atoms with Gasteiger partial charge in [-0.25, -0.2) is 4.98 Å². The average molecular weight is 403 g/mol. The summed E-state index contributed by atoms with van der Waals surface area (Å²) in [6.45, 7) is 2.43. The number of aromatic nitrogens is 3. The first-order chi connectivity index (χ1) is 14.7. The van der Waals surface area contributed by atoms with Crippen LogP contribution in [0.25, 0.3) is 21.8 Å². The lowest BCUT2D eigenvalue weighted by atomic mass is 10.1. The molecule has 0 bridgehead atoms. The molecule has 0 radical (unpaired) electrons. The lowest BCUT2D eigenvalue weighted by Gasteiger charge is -2.26. The molecule has 8 heteroatoms. The Bertz CT molecular complexity index is 1210. The van der Waals surface area contributed by atoms with Crippen LogP contribution < -0.4 is 10.1 Å². The van der Waals surface area contributed by atoms with Crippen LogP contribution in [0.15, 0.2) is 48.7 Å². The van der Waals surface area contributed by atoms with Gasteiger partial charge in [-0.3, -0.25) is 9.89 Å². The maximum atomic E-state index is 12.6. The second-order valence-corrected chi connectivity index (χ2v) is 7.08. The molecule has 2 aromatic carbocycles. The zero-order valence-corrected chi connectivity index (χ0v) is 16.5. The summed E-state index contributed by atoms with van der Waals surface area (Å²) in [5, 5.41) is 12.4. The highest BCUT2D eigenvalue weighted by atomic mass is 16.5. The number of nitrogens with one attached hydrogen (secondary N) is 2. The minimum absolute atomic E-state index is 0.0248. The Morgan fingerprint density at radius 2 is 1.97 bits per heavy atom. The van der Waals surface area contributed by atoms with Crippen molar-refractivity contribution < 1.29 is 14.3 Å². The highest BCUT2D eigenvalue weighted by molar-refractivity contribution is 6.11. The SMILES string of the molecule is COc1cccc2nc(Nc3ccc(C(=O)N4CCOCC4)cc3)c3[nH]ncc3c12. The van der Waals surface area contributed by atoms with Crippen LogP contribution >= 0.6 is 0 Å². The van der Waals surface area contributed by atoms with Gasteiger partial charge in [0.15, 0.2) is 5.82 Å². The third kappa shape index (κ3) is 3.21. The van der Waals surface area contributed by atoms with E-state index in [0.717, 1.165) is 33.2 Å². The minimum Gasteiger partial charge on any atom is -0.496 e. The molecule has 5 rings (SSSR count). The van der Waals surface area contributed by atoms with Crippen molar-refractivity contribution >= 4 is 39.2 Å². The van der Waals surface area contributed by atoms with Crippen LogP contribution in [0.1, 0.15) is 10.4 Å². The Labute approximate surface area is 172 Å². The predicted octanol–water partition coefficient (Wildman–Crippen LogP) is 3.34. The van der Waals surface area contributed by atoms with E-state index in [1.807, 2.05) is 47.4 Å². The van der Waals surface area contributed by atoms with Gasteiger partial charge in [0, 0.05) is 29.7 Å². The number of amides is 1. The van der Waals surface area contributed by atoms with Crippen molar-refractivity contribution in [3.8, 4) is 5.75 Å². The number of morpholine rings is 1. The van der Waals surface area contributed by atoms with Crippen molar-refractivity contribution in [2.45, 2.75) is 0 Å². The van der Waals surface area contributed by atoms with E-state index in [1.54, 1.807) is 13.3 Å². The first-order valence-corrected chi connectivity index (χ1v) is 9.78. The molecule has 1 fully saturated rings. The van der Waals surface area contributed by atoms with Crippen LogP contribution in [0.5, 0.6) is 5.75 Å². The molecule has 0 spiro atoms. The molecule has 1 aliphatic rings. The Balaban J connectivity index is 1.45. The summed E-state index contributed by atoms with van der Waals surface area (Å²) in [6.07, 6.45) is 1.77. The lowest BCUT2D eigenvalue weighted by Crippen LogP contribution is -2.40. The molecular weight excluding hydrogens is 382 g/mol. The first kappa shape index (κ1) is 18.4. The summed E-state index contributed by atoms with van der Waals surface area (Å²) in [5.41, 5.74) is 3.09. The molecule has 8 nitrogen and oxygen atoms in total. The highest BCUT2D eigenvalue weighted by Crippen LogP contribution is 2.34. The molecule has 1 amide bonds. The molecule has 152 valence electrons. The van der Waals surface area contributed by atoms with Gasteiger partial charge in [0.1, 0.15) is 11.3 Å². The third-order valence-electron chi connectivity index (χ3n) is 5.29. The van der Waals surface area contributed by atoms with Crippen LogP contribution in [0.4, 0.5) is 11.5 Å². The van der Waals surface area contributed by atoms with Gasteiger partial charge >= 0.3 is 0 Å². The second kappa shape index (κ2) is 7.64. The number of anilines is 2. The number of ether oxygens (including phenoxy) is 2. The number of hydrogen-bond donors (Lipinski definition) is 2. The molecule has 0 saturated carbocycles. The highest BCUT2D eigenvalue weighted by Gasteiger charge is 2.18. The molecule has 30 heavy (non-hydrogen) atoms. The van der Waals surface area contributed by atoms with Gasteiger partial charge in [-0.2, -0.15) is 5.10 Å². The molecule has 2 aromatic heterocycles. The zero-order chi connectivity index (χ0) is 20.5. The largest absolute Gasteiger partial charge is 0.496 e. The Kier molecular flexibility index (Phi) is 4.68. The maximum Gasteiger partial charge on any atom is 0.254 e. The van der Waals surface area contributed by atoms with E-state index in [1.165, 1.54) is 0 Å². The standard InChI is InChI=1S/C22H21N5O3/c1-29-18-4-2-3-17-19(18)16-13-23-26-20(16)21(25-17)24-15-7-5-14(6-8-15)22(28)27-9-11-30-12-10-27/h2-8,13H,9-12H2,1H3,(H,23,26)(H,24,25). The maximum absolute atomic E-state index is 12.6. The fourth-order valence-corrected chi connectivity index (χ4v) is 3.76. The van der Waals surface area contributed by atoms with Crippen LogP contribution in [-0.4, -0.2) is 59.4 Å². The number of aromatic amines is 1. The number of fused-ring (bicyclic) bond motifs is 3. The molecule has 4 aromatic rings. The van der Waals surface area contributed by atoms with Gasteiger partial charge in [0.05, 0.1) is 37.4 Å². The second-order valence-electron chi connectivity index (χ2n) is 7.08. The van der Waals surface area contributed by atoms with Crippen molar-refractivity contribution in [3.63, 3.8) is 0 Å². The summed E-state index contributed by atoms with van der Waals surface area (Å²) in [4.78, 5) is 19.2. The summed E-state index contributed by atoms with van der Waals surface area (Å²) in [6, 6.07) is 13.2. The molecule has 0 atom stereocenters. The number of benzene rings is 2. The number of H-pyrrole nitrogens is 1. The van der Waals surface area contributed by atoms with Crippen LogP contribution in [0.3, 0.4) is 0 Å². The number of carbonyl (C=O) groups excluding carboxylic acids is 1. The summed E-state index contributed by atoms with van der Waals surface area (Å²) in [5.74, 6) is 1.44. The van der Waals surface area contributed by atoms with E-state index < -0.39 is 0 Å². The lowest BCUT2D eigenvalue weighted by molar-refractivity contribution is 0.0303. The normalized spacial score (nSPS) is 14.2. The molecule has 2 N–H and O–H groups in total. The summed E-state index contributed by atoms with van der Waals surface area (Å²) >= 11 is 0. The van der Waals surface area contributed by atoms with Crippen LogP contribution in [-0.2, 0) is 4.74 Å². The van der Waals surface area contributed by atoms with Crippen molar-refractivity contribution in [2.75, 3.05) is 38.7 Å². The molecular formula is C22H21N5O3. The Hall–Kier alpha value is -3.65. The van der Waals surface area contributed by atoms with Gasteiger partial charge in [-0.1, -0.05) is 6.07 Å². The van der Waals surface area contributed by atoms with E-state index in [9.17, 15) is 4.79 Å². The average Bonchev–Trinajstić information content (AvgIpc) is 3.30. The van der Waals surface area contributed by atoms with Gasteiger partial charge in [-0.15, -0.1) is 0 Å². The summed E-state index contributed by atoms with van der Waals surface area (Å²) < 4.78 is 10.8. The van der Waals surface area contributed by atoms with E-state index in [-0.39, 0.29) is 5.91 Å². The van der Waals surface area contributed by atoms with Crippen LogP contribution in [0, 0.1) is 0 Å². The molecule has 0 unspecified atom stereocenters. The number of nitrogens with zero attached hydrogens (tertiary/aromatic N) is 3. The number of rotatable bonds is 4. The fourth-order valence-electron chi connectivity index (χ4n) is 3.76. The molecule has 3 heterocycles. The van der Waals surface area contributed by atoms with Crippen molar-refractivity contribution in [1.29, 1.82) is 0 Å². The van der Waals surface area contributed by atoms with Crippen molar-refractivity contribution in [3.05, 3.63) is 54.2 Å². The zero-order valence-electron chi connectivity index (χ0n) is 16.5. The monoisotopic (exact) mass is 403 g/mol. The number of pyridine rings is 1. The topological polar surface area (TPSA) is 92.4 Å². The van der Waals surface area contributed by atoms with Crippen LogP contribution in [0.2, 0.25) is 0 Å². The quantitative estimate of drug-likeness (QED) is 0.543. The van der Waals surface area contributed by atoms with E-state index in [4.69, 9.17) is 14.5 Å².